The highest BCUT2D eigenvalue weighted by molar-refractivity contribution is 5.79. The summed E-state index contributed by atoms with van der Waals surface area (Å²) in [6.07, 6.45) is 2.20. The van der Waals surface area contributed by atoms with E-state index < -0.39 is 0 Å². The van der Waals surface area contributed by atoms with Gasteiger partial charge in [0.05, 0.1) is 26.3 Å². The number of hydrogen-bond donors (Lipinski definition) is 2. The minimum Gasteiger partial charge on any atom is -0.497 e. The van der Waals surface area contributed by atoms with Gasteiger partial charge in [-0.15, -0.1) is 0 Å². The van der Waals surface area contributed by atoms with Crippen LogP contribution in [0.25, 0.3) is 0 Å². The summed E-state index contributed by atoms with van der Waals surface area (Å²) in [5, 5.41) is 2.93. The van der Waals surface area contributed by atoms with Gasteiger partial charge in [-0.1, -0.05) is 0 Å². The van der Waals surface area contributed by atoms with Crippen LogP contribution in [0.15, 0.2) is 18.2 Å². The second kappa shape index (κ2) is 7.49. The molecular formula is C17H27N2O3+. The summed E-state index contributed by atoms with van der Waals surface area (Å²) in [5.41, 5.74) is 1.16. The van der Waals surface area contributed by atoms with E-state index in [2.05, 4.69) is 11.4 Å². The lowest BCUT2D eigenvalue weighted by Gasteiger charge is -2.28. The molecule has 0 radical (unpaired) electrons. The first-order chi connectivity index (χ1) is 10.6. The standard InChI is InChI=1S/C17H26N2O3/c1-5-18-17(20)12(2)19-10-6-7-15(19)14-9-8-13(21-3)11-16(14)22-4/h8-9,11-12,15H,5-7,10H2,1-4H3,(H,18,20)/p+1/t12-,15-/m1/s1. The maximum atomic E-state index is 12.2. The summed E-state index contributed by atoms with van der Waals surface area (Å²) in [5.74, 6) is 1.75. The lowest BCUT2D eigenvalue weighted by molar-refractivity contribution is -0.932. The van der Waals surface area contributed by atoms with Gasteiger partial charge in [0.2, 0.25) is 0 Å². The quantitative estimate of drug-likeness (QED) is 0.823. The van der Waals surface area contributed by atoms with E-state index in [9.17, 15) is 4.79 Å². The highest BCUT2D eigenvalue weighted by Gasteiger charge is 2.38. The second-order valence-corrected chi connectivity index (χ2v) is 5.74. The minimum absolute atomic E-state index is 0.0562. The van der Waals surface area contributed by atoms with Crippen molar-refractivity contribution in [3.05, 3.63) is 23.8 Å². The summed E-state index contributed by atoms with van der Waals surface area (Å²) in [7, 11) is 3.33. The smallest absolute Gasteiger partial charge is 0.278 e. The van der Waals surface area contributed by atoms with Crippen LogP contribution < -0.4 is 19.7 Å². The molecule has 2 N–H and O–H groups in total. The number of likely N-dealkylation sites (N-methyl/N-ethyl adjacent to an activating group) is 1. The number of carbonyl (C=O) groups excluding carboxylic acids is 1. The zero-order chi connectivity index (χ0) is 16.1. The first kappa shape index (κ1) is 16.6. The zero-order valence-corrected chi connectivity index (χ0v) is 13.9. The van der Waals surface area contributed by atoms with Crippen LogP contribution in [0.1, 0.15) is 38.3 Å². The monoisotopic (exact) mass is 307 g/mol. The average molecular weight is 307 g/mol. The molecular weight excluding hydrogens is 280 g/mol. The summed E-state index contributed by atoms with van der Waals surface area (Å²) in [6.45, 7) is 5.65. The van der Waals surface area contributed by atoms with Gasteiger partial charge in [-0.2, -0.15) is 0 Å². The molecule has 0 aromatic heterocycles. The molecule has 0 bridgehead atoms. The van der Waals surface area contributed by atoms with Crippen molar-refractivity contribution in [2.75, 3.05) is 27.3 Å². The summed E-state index contributed by atoms with van der Waals surface area (Å²) in [6, 6.07) is 6.18. The van der Waals surface area contributed by atoms with Crippen LogP contribution in [0.3, 0.4) is 0 Å². The number of ether oxygens (including phenoxy) is 2. The van der Waals surface area contributed by atoms with E-state index in [1.165, 1.54) is 4.90 Å². The first-order valence-electron chi connectivity index (χ1n) is 7.97. The summed E-state index contributed by atoms with van der Waals surface area (Å²) < 4.78 is 10.8. The minimum atomic E-state index is -0.0562. The number of benzene rings is 1. The number of hydrogen-bond acceptors (Lipinski definition) is 3. The molecule has 1 saturated heterocycles. The van der Waals surface area contributed by atoms with Crippen molar-refractivity contribution >= 4 is 5.91 Å². The molecule has 122 valence electrons. The maximum Gasteiger partial charge on any atom is 0.278 e. The Morgan fingerprint density at radius 2 is 2.18 bits per heavy atom. The van der Waals surface area contributed by atoms with Gasteiger partial charge in [-0.05, 0) is 26.0 Å². The van der Waals surface area contributed by atoms with E-state index in [1.807, 2.05) is 26.0 Å². The lowest BCUT2D eigenvalue weighted by Crippen LogP contribution is -3.15. The SMILES string of the molecule is CCNC(=O)[C@@H](C)[NH+]1CCC[C@@H]1c1ccc(OC)cc1OC. The van der Waals surface area contributed by atoms with Crippen LogP contribution in [-0.4, -0.2) is 39.3 Å². The van der Waals surface area contributed by atoms with Crippen molar-refractivity contribution in [2.45, 2.75) is 38.8 Å². The fourth-order valence-corrected chi connectivity index (χ4v) is 3.35. The van der Waals surface area contributed by atoms with Gasteiger partial charge in [0.25, 0.3) is 5.91 Å². The van der Waals surface area contributed by atoms with Gasteiger partial charge in [-0.25, -0.2) is 0 Å². The Bertz CT molecular complexity index is 519. The summed E-state index contributed by atoms with van der Waals surface area (Å²) in [4.78, 5) is 13.5. The van der Waals surface area contributed by atoms with Gasteiger partial charge in [0, 0.05) is 25.5 Å². The van der Waals surface area contributed by atoms with E-state index in [0.29, 0.717) is 12.6 Å². The predicted octanol–water partition coefficient (Wildman–Crippen LogP) is 0.948. The molecule has 0 saturated carbocycles. The van der Waals surface area contributed by atoms with Gasteiger partial charge in [0.15, 0.2) is 6.04 Å². The Labute approximate surface area is 132 Å². The Hall–Kier alpha value is -1.75. The predicted molar refractivity (Wildman–Crippen MR) is 85.5 cm³/mol. The number of quaternary nitrogens is 1. The van der Waals surface area contributed by atoms with Crippen LogP contribution in [0.5, 0.6) is 11.5 Å². The largest absolute Gasteiger partial charge is 0.497 e. The Kier molecular flexibility index (Phi) is 5.66. The molecule has 1 aromatic rings. The van der Waals surface area contributed by atoms with Gasteiger partial charge < -0.3 is 19.7 Å². The van der Waals surface area contributed by atoms with Gasteiger partial charge >= 0.3 is 0 Å². The van der Waals surface area contributed by atoms with Crippen LogP contribution in [0.4, 0.5) is 0 Å². The number of rotatable bonds is 6. The molecule has 1 aromatic carbocycles. The average Bonchev–Trinajstić information content (AvgIpc) is 3.02. The third kappa shape index (κ3) is 3.35. The molecule has 1 unspecified atom stereocenters. The van der Waals surface area contributed by atoms with Crippen molar-refractivity contribution in [2.24, 2.45) is 0 Å². The van der Waals surface area contributed by atoms with Crippen LogP contribution in [0.2, 0.25) is 0 Å². The fraction of sp³-hybridized carbons (Fsp3) is 0.588. The molecule has 0 spiro atoms. The summed E-state index contributed by atoms with van der Waals surface area (Å²) >= 11 is 0. The Morgan fingerprint density at radius 3 is 2.82 bits per heavy atom. The second-order valence-electron chi connectivity index (χ2n) is 5.74. The number of amides is 1. The number of nitrogens with one attached hydrogen (secondary N) is 2. The highest BCUT2D eigenvalue weighted by atomic mass is 16.5. The van der Waals surface area contributed by atoms with Crippen molar-refractivity contribution in [1.29, 1.82) is 0 Å². The molecule has 1 aliphatic heterocycles. The lowest BCUT2D eigenvalue weighted by atomic mass is 10.0. The van der Waals surface area contributed by atoms with E-state index in [-0.39, 0.29) is 11.9 Å². The fourth-order valence-electron chi connectivity index (χ4n) is 3.35. The molecule has 3 atom stereocenters. The third-order valence-corrected chi connectivity index (χ3v) is 4.52. The van der Waals surface area contributed by atoms with Crippen molar-refractivity contribution in [1.82, 2.24) is 5.32 Å². The van der Waals surface area contributed by atoms with Crippen molar-refractivity contribution in [3.8, 4) is 11.5 Å². The molecule has 22 heavy (non-hydrogen) atoms. The number of carbonyl (C=O) groups is 1. The zero-order valence-electron chi connectivity index (χ0n) is 13.9. The van der Waals surface area contributed by atoms with Crippen LogP contribution in [-0.2, 0) is 4.79 Å². The van der Waals surface area contributed by atoms with Gasteiger partial charge in [-0.3, -0.25) is 4.79 Å². The van der Waals surface area contributed by atoms with E-state index in [1.54, 1.807) is 14.2 Å². The molecule has 1 aliphatic rings. The van der Waals surface area contributed by atoms with E-state index in [0.717, 1.165) is 36.4 Å². The van der Waals surface area contributed by atoms with Crippen LogP contribution in [0, 0.1) is 0 Å². The number of likely N-dealkylation sites (tertiary alicyclic amines) is 1. The molecule has 5 nitrogen and oxygen atoms in total. The van der Waals surface area contributed by atoms with Crippen molar-refractivity contribution < 1.29 is 19.2 Å². The van der Waals surface area contributed by atoms with Crippen LogP contribution >= 0.6 is 0 Å². The van der Waals surface area contributed by atoms with Crippen molar-refractivity contribution in [3.63, 3.8) is 0 Å². The molecule has 0 aliphatic carbocycles. The normalized spacial score (nSPS) is 22.2. The number of methoxy groups -OCH3 is 2. The molecule has 1 fully saturated rings. The van der Waals surface area contributed by atoms with E-state index >= 15 is 0 Å². The topological polar surface area (TPSA) is 52.0 Å². The Balaban J connectivity index is 2.25. The Morgan fingerprint density at radius 1 is 1.41 bits per heavy atom. The molecule has 2 rings (SSSR count). The molecule has 5 heteroatoms. The van der Waals surface area contributed by atoms with Gasteiger partial charge in [0.1, 0.15) is 17.5 Å². The first-order valence-corrected chi connectivity index (χ1v) is 7.97. The molecule has 1 amide bonds. The van der Waals surface area contributed by atoms with E-state index in [4.69, 9.17) is 9.47 Å². The third-order valence-electron chi connectivity index (χ3n) is 4.52. The maximum absolute atomic E-state index is 12.2. The highest BCUT2D eigenvalue weighted by Crippen LogP contribution is 2.31. The molecule has 1 heterocycles.